The molecule has 1 aliphatic heterocycles. The van der Waals surface area contributed by atoms with E-state index < -0.39 is 5.60 Å². The van der Waals surface area contributed by atoms with Gasteiger partial charge in [-0.1, -0.05) is 18.2 Å². The maximum atomic E-state index is 12.1. The summed E-state index contributed by atoms with van der Waals surface area (Å²) in [5.41, 5.74) is 6.65. The highest BCUT2D eigenvalue weighted by molar-refractivity contribution is 5.78. The van der Waals surface area contributed by atoms with E-state index in [-0.39, 0.29) is 18.2 Å². The number of hydrogen-bond donors (Lipinski definition) is 2. The first kappa shape index (κ1) is 20.9. The molecule has 0 fully saturated rings. The summed E-state index contributed by atoms with van der Waals surface area (Å²) >= 11 is 0. The molecule has 150 valence electrons. The van der Waals surface area contributed by atoms with E-state index in [0.717, 1.165) is 17.7 Å². The molecule has 0 saturated carbocycles. The van der Waals surface area contributed by atoms with Gasteiger partial charge in [0.1, 0.15) is 11.4 Å². The van der Waals surface area contributed by atoms with Gasteiger partial charge in [0.15, 0.2) is 5.96 Å². The van der Waals surface area contributed by atoms with E-state index in [9.17, 15) is 4.79 Å². The number of hydrogen-bond acceptors (Lipinski definition) is 4. The average molecular weight is 377 g/mol. The van der Waals surface area contributed by atoms with Crippen LogP contribution < -0.4 is 15.8 Å². The Bertz CT molecular complexity index is 669. The number of para-hydroxylation sites is 1. The van der Waals surface area contributed by atoms with Crippen molar-refractivity contribution in [2.24, 2.45) is 10.7 Å². The number of nitrogens with two attached hydrogens (primary N) is 1. The summed E-state index contributed by atoms with van der Waals surface area (Å²) < 4.78 is 11.0. The SMILES string of the molecule is CC(CCN=C(N)NC1CCOc2ccccc21)N(C)C(=O)OC(C)(C)C. The molecule has 1 amide bonds. The standard InChI is InChI=1S/C20H32N4O3/c1-14(24(5)19(25)27-20(2,3)4)10-12-22-18(21)23-16-11-13-26-17-9-7-6-8-15(16)17/h6-9,14,16H,10-13H2,1-5H3,(H3,21,22,23). The fourth-order valence-electron chi connectivity index (χ4n) is 2.80. The highest BCUT2D eigenvalue weighted by Crippen LogP contribution is 2.31. The van der Waals surface area contributed by atoms with Crippen molar-refractivity contribution in [2.45, 2.75) is 58.2 Å². The van der Waals surface area contributed by atoms with Crippen molar-refractivity contribution in [3.05, 3.63) is 29.8 Å². The lowest BCUT2D eigenvalue weighted by molar-refractivity contribution is 0.0231. The van der Waals surface area contributed by atoms with Gasteiger partial charge in [-0.05, 0) is 40.2 Å². The third kappa shape index (κ3) is 6.34. The number of fused-ring (bicyclic) bond motifs is 1. The third-order valence-electron chi connectivity index (χ3n) is 4.45. The van der Waals surface area contributed by atoms with Crippen LogP contribution in [0.1, 0.15) is 52.1 Å². The number of carbonyl (C=O) groups is 1. The van der Waals surface area contributed by atoms with Crippen LogP contribution in [-0.4, -0.2) is 48.8 Å². The van der Waals surface area contributed by atoms with Gasteiger partial charge in [0.25, 0.3) is 0 Å². The Morgan fingerprint density at radius 2 is 2.15 bits per heavy atom. The molecule has 0 saturated heterocycles. The van der Waals surface area contributed by atoms with E-state index in [4.69, 9.17) is 15.2 Å². The largest absolute Gasteiger partial charge is 0.493 e. The lowest BCUT2D eigenvalue weighted by atomic mass is 10.0. The molecule has 0 bridgehead atoms. The fourth-order valence-corrected chi connectivity index (χ4v) is 2.80. The van der Waals surface area contributed by atoms with Crippen LogP contribution in [-0.2, 0) is 4.74 Å². The number of rotatable bonds is 5. The van der Waals surface area contributed by atoms with Gasteiger partial charge in [-0.3, -0.25) is 4.99 Å². The fraction of sp³-hybridized carbons (Fsp3) is 0.600. The summed E-state index contributed by atoms with van der Waals surface area (Å²) in [6.07, 6.45) is 1.21. The highest BCUT2D eigenvalue weighted by atomic mass is 16.6. The molecule has 2 rings (SSSR count). The van der Waals surface area contributed by atoms with Crippen molar-refractivity contribution >= 4 is 12.1 Å². The first-order chi connectivity index (χ1) is 12.7. The minimum Gasteiger partial charge on any atom is -0.493 e. The maximum absolute atomic E-state index is 12.1. The molecule has 1 aromatic rings. The molecule has 2 atom stereocenters. The molecule has 1 aliphatic rings. The Hall–Kier alpha value is -2.44. The molecule has 0 aliphatic carbocycles. The minimum absolute atomic E-state index is 0.000191. The number of ether oxygens (including phenoxy) is 2. The van der Waals surface area contributed by atoms with Crippen LogP contribution in [0.3, 0.4) is 0 Å². The topological polar surface area (TPSA) is 89.2 Å². The van der Waals surface area contributed by atoms with Gasteiger partial charge in [0.05, 0.1) is 12.6 Å². The molecule has 3 N–H and O–H groups in total. The monoisotopic (exact) mass is 376 g/mol. The lowest BCUT2D eigenvalue weighted by Gasteiger charge is -2.28. The minimum atomic E-state index is -0.502. The second kappa shape index (κ2) is 8.97. The average Bonchev–Trinajstić information content (AvgIpc) is 2.59. The second-order valence-corrected chi connectivity index (χ2v) is 7.87. The summed E-state index contributed by atoms with van der Waals surface area (Å²) in [4.78, 5) is 18.1. The summed E-state index contributed by atoms with van der Waals surface area (Å²) in [5, 5.41) is 3.27. The molecule has 7 heteroatoms. The highest BCUT2D eigenvalue weighted by Gasteiger charge is 2.23. The van der Waals surface area contributed by atoms with Crippen LogP contribution in [0.25, 0.3) is 0 Å². The van der Waals surface area contributed by atoms with E-state index in [0.29, 0.717) is 25.5 Å². The van der Waals surface area contributed by atoms with Crippen molar-refractivity contribution in [1.82, 2.24) is 10.2 Å². The smallest absolute Gasteiger partial charge is 0.410 e. The quantitative estimate of drug-likeness (QED) is 0.609. The lowest BCUT2D eigenvalue weighted by Crippen LogP contribution is -2.40. The summed E-state index contributed by atoms with van der Waals surface area (Å²) in [5.74, 6) is 1.30. The number of aliphatic imine (C=N–C) groups is 1. The van der Waals surface area contributed by atoms with Crippen molar-refractivity contribution in [3.8, 4) is 5.75 Å². The van der Waals surface area contributed by atoms with E-state index in [1.165, 1.54) is 0 Å². The Morgan fingerprint density at radius 3 is 2.85 bits per heavy atom. The maximum Gasteiger partial charge on any atom is 0.410 e. The van der Waals surface area contributed by atoms with Crippen molar-refractivity contribution in [1.29, 1.82) is 0 Å². The Balaban J connectivity index is 1.83. The van der Waals surface area contributed by atoms with E-state index >= 15 is 0 Å². The first-order valence-corrected chi connectivity index (χ1v) is 9.41. The Labute approximate surface area is 161 Å². The van der Waals surface area contributed by atoms with Crippen LogP contribution in [0.2, 0.25) is 0 Å². The molecule has 1 aromatic carbocycles. The number of guanidine groups is 1. The molecule has 1 heterocycles. The summed E-state index contributed by atoms with van der Waals surface area (Å²) in [6.45, 7) is 8.72. The second-order valence-electron chi connectivity index (χ2n) is 7.87. The van der Waals surface area contributed by atoms with E-state index in [2.05, 4.69) is 10.3 Å². The zero-order chi connectivity index (χ0) is 20.0. The molecular formula is C20H32N4O3. The van der Waals surface area contributed by atoms with Gasteiger partial charge in [0, 0.05) is 31.6 Å². The van der Waals surface area contributed by atoms with Gasteiger partial charge in [0.2, 0.25) is 0 Å². The molecule has 0 spiro atoms. The molecule has 2 unspecified atom stereocenters. The van der Waals surface area contributed by atoms with Crippen LogP contribution in [0.15, 0.2) is 29.3 Å². The number of carbonyl (C=O) groups excluding carboxylic acids is 1. The van der Waals surface area contributed by atoms with E-state index in [1.54, 1.807) is 11.9 Å². The number of amides is 1. The van der Waals surface area contributed by atoms with Crippen LogP contribution in [0, 0.1) is 0 Å². The first-order valence-electron chi connectivity index (χ1n) is 9.41. The zero-order valence-corrected chi connectivity index (χ0v) is 17.0. The predicted molar refractivity (Wildman–Crippen MR) is 107 cm³/mol. The van der Waals surface area contributed by atoms with Crippen molar-refractivity contribution in [2.75, 3.05) is 20.2 Å². The van der Waals surface area contributed by atoms with Crippen LogP contribution >= 0.6 is 0 Å². The predicted octanol–water partition coefficient (Wildman–Crippen LogP) is 3.06. The third-order valence-corrected chi connectivity index (χ3v) is 4.45. The van der Waals surface area contributed by atoms with Crippen LogP contribution in [0.5, 0.6) is 5.75 Å². The molecular weight excluding hydrogens is 344 g/mol. The normalized spacial score (nSPS) is 18.1. The number of nitrogens with zero attached hydrogens (tertiary/aromatic N) is 2. The van der Waals surface area contributed by atoms with E-state index in [1.807, 2.05) is 52.0 Å². The number of benzene rings is 1. The zero-order valence-electron chi connectivity index (χ0n) is 17.0. The summed E-state index contributed by atoms with van der Waals surface area (Å²) in [7, 11) is 1.74. The molecule has 0 aromatic heterocycles. The van der Waals surface area contributed by atoms with Gasteiger partial charge >= 0.3 is 6.09 Å². The van der Waals surface area contributed by atoms with Gasteiger partial charge in [-0.25, -0.2) is 4.79 Å². The van der Waals surface area contributed by atoms with Crippen molar-refractivity contribution < 1.29 is 14.3 Å². The number of nitrogens with one attached hydrogen (secondary N) is 1. The molecule has 0 radical (unpaired) electrons. The Kier molecular flexibility index (Phi) is 6.93. The van der Waals surface area contributed by atoms with Gasteiger partial charge in [-0.2, -0.15) is 0 Å². The Morgan fingerprint density at radius 1 is 1.44 bits per heavy atom. The van der Waals surface area contributed by atoms with Crippen molar-refractivity contribution in [3.63, 3.8) is 0 Å². The van der Waals surface area contributed by atoms with Crippen LogP contribution in [0.4, 0.5) is 4.79 Å². The molecule has 7 nitrogen and oxygen atoms in total. The van der Waals surface area contributed by atoms with Gasteiger partial charge < -0.3 is 25.4 Å². The summed E-state index contributed by atoms with van der Waals surface area (Å²) in [6, 6.07) is 8.05. The molecule has 27 heavy (non-hydrogen) atoms. The van der Waals surface area contributed by atoms with Gasteiger partial charge in [-0.15, -0.1) is 0 Å².